The van der Waals surface area contributed by atoms with Gasteiger partial charge >= 0.3 is 6.18 Å². The third-order valence-electron chi connectivity index (χ3n) is 4.37. The number of hydrogen-bond donors (Lipinski definition) is 0. The van der Waals surface area contributed by atoms with Gasteiger partial charge in [0.15, 0.2) is 0 Å². The molecule has 130 valence electrons. The first kappa shape index (κ1) is 16.9. The van der Waals surface area contributed by atoms with Gasteiger partial charge in [-0.1, -0.05) is 60.2 Å². The van der Waals surface area contributed by atoms with Crippen LogP contribution in [0.4, 0.5) is 13.2 Å². The molecule has 0 spiro atoms. The number of benzene rings is 3. The Morgan fingerprint density at radius 2 is 1.54 bits per heavy atom. The maximum absolute atomic E-state index is 13.7. The number of thiophene rings is 1. The lowest BCUT2D eigenvalue weighted by Gasteiger charge is -2.14. The summed E-state index contributed by atoms with van der Waals surface area (Å²) in [6, 6.07) is 21.4. The van der Waals surface area contributed by atoms with Gasteiger partial charge in [-0.15, -0.1) is 11.3 Å². The molecule has 0 atom stereocenters. The standard InChI is InChI=1S/C22H15F3S/c1-14-7-10-20-17(11-14)13-21(26-20)16-8-9-18(15-5-3-2-4-6-15)19(12-16)22(23,24)25/h2-13H,1H3. The summed E-state index contributed by atoms with van der Waals surface area (Å²) in [6.07, 6.45) is -4.41. The Hall–Kier alpha value is -2.59. The molecule has 0 fully saturated rings. The molecule has 4 aromatic rings. The van der Waals surface area contributed by atoms with Gasteiger partial charge in [-0.3, -0.25) is 0 Å². The van der Waals surface area contributed by atoms with Crippen molar-refractivity contribution in [1.29, 1.82) is 0 Å². The summed E-state index contributed by atoms with van der Waals surface area (Å²) < 4.78 is 42.1. The van der Waals surface area contributed by atoms with Gasteiger partial charge in [-0.05, 0) is 47.2 Å². The molecule has 0 aliphatic heterocycles. The molecule has 0 bridgehead atoms. The molecule has 0 saturated heterocycles. The Bertz CT molecular complexity index is 1080. The van der Waals surface area contributed by atoms with Gasteiger partial charge < -0.3 is 0 Å². The number of aryl methyl sites for hydroxylation is 1. The second-order valence-electron chi connectivity index (χ2n) is 6.28. The summed E-state index contributed by atoms with van der Waals surface area (Å²) in [5.74, 6) is 0. The molecule has 0 amide bonds. The van der Waals surface area contributed by atoms with E-state index in [1.165, 1.54) is 17.4 Å². The van der Waals surface area contributed by atoms with Crippen LogP contribution in [0.15, 0.2) is 72.8 Å². The monoisotopic (exact) mass is 368 g/mol. The first-order valence-corrected chi connectivity index (χ1v) is 9.01. The molecule has 1 aromatic heterocycles. The van der Waals surface area contributed by atoms with Crippen LogP contribution in [0.5, 0.6) is 0 Å². The molecule has 0 saturated carbocycles. The molecule has 4 rings (SSSR count). The molecule has 3 aromatic carbocycles. The van der Waals surface area contributed by atoms with Crippen molar-refractivity contribution in [2.45, 2.75) is 13.1 Å². The molecule has 0 N–H and O–H groups in total. The van der Waals surface area contributed by atoms with Gasteiger partial charge in [0, 0.05) is 9.58 Å². The van der Waals surface area contributed by atoms with Crippen molar-refractivity contribution in [2.75, 3.05) is 0 Å². The zero-order chi connectivity index (χ0) is 18.3. The molecular formula is C22H15F3S. The number of rotatable bonds is 2. The van der Waals surface area contributed by atoms with E-state index in [9.17, 15) is 13.2 Å². The fourth-order valence-electron chi connectivity index (χ4n) is 3.11. The van der Waals surface area contributed by atoms with Crippen molar-refractivity contribution in [2.24, 2.45) is 0 Å². The molecule has 0 nitrogen and oxygen atoms in total. The van der Waals surface area contributed by atoms with E-state index in [1.54, 1.807) is 42.5 Å². The molecule has 4 heteroatoms. The van der Waals surface area contributed by atoms with E-state index in [0.717, 1.165) is 20.5 Å². The molecule has 0 radical (unpaired) electrons. The molecule has 0 aliphatic rings. The fourth-order valence-corrected chi connectivity index (χ4v) is 4.15. The van der Waals surface area contributed by atoms with Crippen molar-refractivity contribution in [1.82, 2.24) is 0 Å². The largest absolute Gasteiger partial charge is 0.417 e. The van der Waals surface area contributed by atoms with Crippen molar-refractivity contribution in [3.63, 3.8) is 0 Å². The van der Waals surface area contributed by atoms with E-state index < -0.39 is 11.7 Å². The summed E-state index contributed by atoms with van der Waals surface area (Å²) in [5.41, 5.74) is 1.90. The Morgan fingerprint density at radius 3 is 2.27 bits per heavy atom. The highest BCUT2D eigenvalue weighted by molar-refractivity contribution is 7.22. The minimum Gasteiger partial charge on any atom is -0.166 e. The summed E-state index contributed by atoms with van der Waals surface area (Å²) >= 11 is 1.51. The lowest BCUT2D eigenvalue weighted by molar-refractivity contribution is -0.137. The number of alkyl halides is 3. The highest BCUT2D eigenvalue weighted by Crippen LogP contribution is 2.41. The van der Waals surface area contributed by atoms with Crippen LogP contribution < -0.4 is 0 Å². The Labute approximate surface area is 153 Å². The van der Waals surface area contributed by atoms with E-state index in [4.69, 9.17) is 0 Å². The number of hydrogen-bond acceptors (Lipinski definition) is 1. The minimum atomic E-state index is -4.41. The molecule has 26 heavy (non-hydrogen) atoms. The van der Waals surface area contributed by atoms with Gasteiger partial charge in [0.25, 0.3) is 0 Å². The van der Waals surface area contributed by atoms with E-state index in [1.807, 2.05) is 25.1 Å². The third kappa shape index (κ3) is 3.13. The Morgan fingerprint density at radius 1 is 0.769 bits per heavy atom. The molecular weight excluding hydrogens is 353 g/mol. The van der Waals surface area contributed by atoms with Crippen LogP contribution >= 0.6 is 11.3 Å². The van der Waals surface area contributed by atoms with Gasteiger partial charge in [-0.2, -0.15) is 13.2 Å². The number of halogens is 3. The van der Waals surface area contributed by atoms with Crippen LogP contribution in [0.25, 0.3) is 31.7 Å². The normalized spacial score (nSPS) is 11.8. The summed E-state index contributed by atoms with van der Waals surface area (Å²) in [4.78, 5) is 0.843. The lowest BCUT2D eigenvalue weighted by atomic mass is 9.96. The zero-order valence-corrected chi connectivity index (χ0v) is 14.8. The molecule has 0 unspecified atom stereocenters. The lowest BCUT2D eigenvalue weighted by Crippen LogP contribution is -2.07. The van der Waals surface area contributed by atoms with Gasteiger partial charge in [0.05, 0.1) is 5.56 Å². The highest BCUT2D eigenvalue weighted by Gasteiger charge is 2.34. The maximum atomic E-state index is 13.7. The van der Waals surface area contributed by atoms with Crippen LogP contribution in [-0.2, 0) is 6.18 Å². The van der Waals surface area contributed by atoms with Crippen LogP contribution in [0.2, 0.25) is 0 Å². The fraction of sp³-hybridized carbons (Fsp3) is 0.0909. The van der Waals surface area contributed by atoms with Crippen molar-refractivity contribution in [3.05, 3.63) is 83.9 Å². The van der Waals surface area contributed by atoms with Crippen molar-refractivity contribution in [3.8, 4) is 21.6 Å². The second-order valence-corrected chi connectivity index (χ2v) is 7.36. The van der Waals surface area contributed by atoms with Crippen LogP contribution in [0, 0.1) is 6.92 Å². The second kappa shape index (κ2) is 6.29. The maximum Gasteiger partial charge on any atom is 0.417 e. The average molecular weight is 368 g/mol. The third-order valence-corrected chi connectivity index (χ3v) is 5.53. The summed E-state index contributed by atoms with van der Waals surface area (Å²) in [7, 11) is 0. The van der Waals surface area contributed by atoms with Crippen LogP contribution in [0.3, 0.4) is 0 Å². The van der Waals surface area contributed by atoms with Crippen molar-refractivity contribution < 1.29 is 13.2 Å². The smallest absolute Gasteiger partial charge is 0.166 e. The van der Waals surface area contributed by atoms with E-state index >= 15 is 0 Å². The topological polar surface area (TPSA) is 0 Å². The van der Waals surface area contributed by atoms with Gasteiger partial charge in [-0.25, -0.2) is 0 Å². The van der Waals surface area contributed by atoms with Crippen LogP contribution in [-0.4, -0.2) is 0 Å². The summed E-state index contributed by atoms with van der Waals surface area (Å²) in [5, 5.41) is 1.06. The SMILES string of the molecule is Cc1ccc2sc(-c3ccc(-c4ccccc4)c(C(F)(F)F)c3)cc2c1. The average Bonchev–Trinajstić information content (AvgIpc) is 3.04. The van der Waals surface area contributed by atoms with Gasteiger partial charge in [0.2, 0.25) is 0 Å². The molecule has 0 aliphatic carbocycles. The predicted octanol–water partition coefficient (Wildman–Crippen LogP) is 7.56. The highest BCUT2D eigenvalue weighted by atomic mass is 32.1. The van der Waals surface area contributed by atoms with E-state index in [-0.39, 0.29) is 5.56 Å². The first-order valence-electron chi connectivity index (χ1n) is 8.19. The quantitative estimate of drug-likeness (QED) is 0.342. The first-order chi connectivity index (χ1) is 12.4. The zero-order valence-electron chi connectivity index (χ0n) is 14.0. The minimum absolute atomic E-state index is 0.207. The Kier molecular flexibility index (Phi) is 4.08. The van der Waals surface area contributed by atoms with Gasteiger partial charge in [0.1, 0.15) is 0 Å². The Balaban J connectivity index is 1.87. The van der Waals surface area contributed by atoms with E-state index in [0.29, 0.717) is 11.1 Å². The molecule has 1 heterocycles. The van der Waals surface area contributed by atoms with Crippen LogP contribution in [0.1, 0.15) is 11.1 Å². The van der Waals surface area contributed by atoms with Crippen molar-refractivity contribution >= 4 is 21.4 Å². The number of fused-ring (bicyclic) bond motifs is 1. The summed E-state index contributed by atoms with van der Waals surface area (Å²) in [6.45, 7) is 2.01. The predicted molar refractivity (Wildman–Crippen MR) is 102 cm³/mol. The van der Waals surface area contributed by atoms with E-state index in [2.05, 4.69) is 6.07 Å².